The number of esters is 1. The number of hydrogen-bond acceptors (Lipinski definition) is 8. The molecule has 1 heterocycles. The van der Waals surface area contributed by atoms with E-state index in [0.717, 1.165) is 7.11 Å². The molecule has 0 radical (unpaired) electrons. The molecule has 0 aliphatic carbocycles. The zero-order valence-corrected chi connectivity index (χ0v) is 14.1. The average molecular weight is 362 g/mol. The van der Waals surface area contributed by atoms with Gasteiger partial charge in [-0.25, -0.2) is 13.2 Å². The van der Waals surface area contributed by atoms with E-state index >= 15 is 0 Å². The fourth-order valence-corrected chi connectivity index (χ4v) is 2.73. The predicted molar refractivity (Wildman–Crippen MR) is 87.8 cm³/mol. The van der Waals surface area contributed by atoms with Crippen LogP contribution in [0.4, 0.5) is 11.5 Å². The summed E-state index contributed by atoms with van der Waals surface area (Å²) in [6, 6.07) is 8.81. The summed E-state index contributed by atoms with van der Waals surface area (Å²) in [4.78, 5) is 11.3. The van der Waals surface area contributed by atoms with Crippen LogP contribution in [0.1, 0.15) is 5.76 Å². The molecule has 0 unspecified atom stereocenters. The summed E-state index contributed by atoms with van der Waals surface area (Å²) in [6.07, 6.45) is 1.17. The summed E-state index contributed by atoms with van der Waals surface area (Å²) in [6.45, 7) is 1.64. The first kappa shape index (κ1) is 18.0. The van der Waals surface area contributed by atoms with Crippen LogP contribution in [0, 0.1) is 18.3 Å². The highest BCUT2D eigenvalue weighted by molar-refractivity contribution is 7.92. The molecular formula is C15H14N4O5S. The normalized spacial score (nSPS) is 11.5. The van der Waals surface area contributed by atoms with Crippen molar-refractivity contribution in [1.82, 2.24) is 5.16 Å². The van der Waals surface area contributed by atoms with Gasteiger partial charge in [-0.05, 0) is 31.2 Å². The van der Waals surface area contributed by atoms with Gasteiger partial charge in [0.25, 0.3) is 10.0 Å². The van der Waals surface area contributed by atoms with Crippen molar-refractivity contribution in [3.8, 4) is 6.07 Å². The van der Waals surface area contributed by atoms with E-state index in [0.29, 0.717) is 11.4 Å². The number of ether oxygens (including phenoxy) is 1. The Bertz CT molecular complexity index is 939. The SMILES string of the molecule is COC(=O)/C(C#N)=C\Nc1ccc(S(=O)(=O)Nc2cc(C)on2)cc1. The van der Waals surface area contributed by atoms with Gasteiger partial charge in [0, 0.05) is 18.0 Å². The summed E-state index contributed by atoms with van der Waals surface area (Å²) in [5.74, 6) is -0.219. The Kier molecular flexibility index (Phi) is 5.41. The first-order valence-electron chi connectivity index (χ1n) is 6.87. The maximum Gasteiger partial charge on any atom is 0.350 e. The molecule has 1 aromatic heterocycles. The van der Waals surface area contributed by atoms with Crippen molar-refractivity contribution in [2.75, 3.05) is 17.1 Å². The van der Waals surface area contributed by atoms with Gasteiger partial charge in [-0.3, -0.25) is 4.72 Å². The fourth-order valence-electron chi connectivity index (χ4n) is 1.74. The van der Waals surface area contributed by atoms with E-state index in [2.05, 4.69) is 19.9 Å². The number of nitrogens with one attached hydrogen (secondary N) is 2. The lowest BCUT2D eigenvalue weighted by molar-refractivity contribution is -0.135. The van der Waals surface area contributed by atoms with E-state index in [1.165, 1.54) is 36.5 Å². The van der Waals surface area contributed by atoms with Gasteiger partial charge in [0.2, 0.25) is 0 Å². The monoisotopic (exact) mass is 362 g/mol. The Morgan fingerprint density at radius 1 is 1.36 bits per heavy atom. The molecule has 0 aliphatic heterocycles. The first-order chi connectivity index (χ1) is 11.9. The molecule has 1 aromatic carbocycles. The number of methoxy groups -OCH3 is 1. The number of aryl methyl sites for hydroxylation is 1. The van der Waals surface area contributed by atoms with Crippen LogP contribution < -0.4 is 10.0 Å². The number of anilines is 2. The van der Waals surface area contributed by atoms with Crippen LogP contribution >= 0.6 is 0 Å². The Labute approximate surface area is 143 Å². The van der Waals surface area contributed by atoms with E-state index < -0.39 is 16.0 Å². The number of aromatic nitrogens is 1. The molecule has 2 rings (SSSR count). The van der Waals surface area contributed by atoms with Crippen LogP contribution in [0.2, 0.25) is 0 Å². The van der Waals surface area contributed by atoms with Gasteiger partial charge in [-0.15, -0.1) is 0 Å². The molecule has 2 N–H and O–H groups in total. The van der Waals surface area contributed by atoms with Gasteiger partial charge in [-0.1, -0.05) is 5.16 Å². The molecular weight excluding hydrogens is 348 g/mol. The highest BCUT2D eigenvalue weighted by atomic mass is 32.2. The lowest BCUT2D eigenvalue weighted by atomic mass is 10.3. The zero-order valence-electron chi connectivity index (χ0n) is 13.3. The topological polar surface area (TPSA) is 134 Å². The highest BCUT2D eigenvalue weighted by Crippen LogP contribution is 2.18. The molecule has 0 bridgehead atoms. The Morgan fingerprint density at radius 3 is 2.56 bits per heavy atom. The van der Waals surface area contributed by atoms with E-state index in [1.54, 1.807) is 13.0 Å². The second kappa shape index (κ2) is 7.50. The standard InChI is InChI=1S/C15H14N4O5S/c1-10-7-14(18-24-10)19-25(21,22)13-5-3-12(4-6-13)17-9-11(8-16)15(20)23-2/h3-7,9,17H,1-2H3,(H,18,19)/b11-9-. The second-order valence-corrected chi connectivity index (χ2v) is 6.44. The van der Waals surface area contributed by atoms with Crippen molar-refractivity contribution in [2.45, 2.75) is 11.8 Å². The number of carbonyl (C=O) groups is 1. The van der Waals surface area contributed by atoms with E-state index in [1.807, 2.05) is 0 Å². The van der Waals surface area contributed by atoms with E-state index in [9.17, 15) is 13.2 Å². The second-order valence-electron chi connectivity index (χ2n) is 4.76. The summed E-state index contributed by atoms with van der Waals surface area (Å²) in [7, 11) is -2.65. The van der Waals surface area contributed by atoms with E-state index in [4.69, 9.17) is 9.78 Å². The Morgan fingerprint density at radius 2 is 2.04 bits per heavy atom. The van der Waals surface area contributed by atoms with Gasteiger partial charge in [0.05, 0.1) is 12.0 Å². The van der Waals surface area contributed by atoms with Crippen molar-refractivity contribution in [2.24, 2.45) is 0 Å². The molecule has 0 spiro atoms. The molecule has 10 heteroatoms. The molecule has 0 amide bonds. The zero-order chi connectivity index (χ0) is 18.4. The van der Waals surface area contributed by atoms with Crippen molar-refractivity contribution in [3.05, 3.63) is 47.9 Å². The maximum atomic E-state index is 12.2. The van der Waals surface area contributed by atoms with Crippen LogP contribution in [0.3, 0.4) is 0 Å². The molecule has 25 heavy (non-hydrogen) atoms. The number of benzene rings is 1. The lowest BCUT2D eigenvalue weighted by Crippen LogP contribution is -2.13. The molecule has 2 aromatic rings. The molecule has 130 valence electrons. The summed E-state index contributed by atoms with van der Waals surface area (Å²) in [5.41, 5.74) is 0.259. The summed E-state index contributed by atoms with van der Waals surface area (Å²) < 4.78 is 36.0. The van der Waals surface area contributed by atoms with Gasteiger partial charge in [-0.2, -0.15) is 5.26 Å². The summed E-state index contributed by atoms with van der Waals surface area (Å²) >= 11 is 0. The number of sulfonamides is 1. The maximum absolute atomic E-state index is 12.2. The summed E-state index contributed by atoms with van der Waals surface area (Å²) in [5, 5.41) is 15.1. The molecule has 0 atom stereocenters. The van der Waals surface area contributed by atoms with E-state index in [-0.39, 0.29) is 16.3 Å². The number of carbonyl (C=O) groups excluding carboxylic acids is 1. The van der Waals surface area contributed by atoms with Crippen molar-refractivity contribution in [3.63, 3.8) is 0 Å². The molecule has 0 aliphatic rings. The minimum absolute atomic E-state index is 0.0103. The molecule has 0 fully saturated rings. The third-order valence-electron chi connectivity index (χ3n) is 2.94. The van der Waals surface area contributed by atoms with Crippen LogP contribution in [0.5, 0.6) is 0 Å². The van der Waals surface area contributed by atoms with Crippen LogP contribution in [-0.4, -0.2) is 26.7 Å². The highest BCUT2D eigenvalue weighted by Gasteiger charge is 2.16. The molecule has 0 saturated carbocycles. The molecule has 0 saturated heterocycles. The van der Waals surface area contributed by atoms with Gasteiger partial charge in [0.15, 0.2) is 11.4 Å². The third-order valence-corrected chi connectivity index (χ3v) is 4.31. The van der Waals surface area contributed by atoms with Crippen LogP contribution in [-0.2, 0) is 19.6 Å². The average Bonchev–Trinajstić information content (AvgIpc) is 2.99. The van der Waals surface area contributed by atoms with Gasteiger partial charge >= 0.3 is 5.97 Å². The first-order valence-corrected chi connectivity index (χ1v) is 8.35. The number of rotatable bonds is 6. The minimum Gasteiger partial charge on any atom is -0.465 e. The van der Waals surface area contributed by atoms with Crippen molar-refractivity contribution >= 4 is 27.5 Å². The molecule has 9 nitrogen and oxygen atoms in total. The third kappa shape index (κ3) is 4.58. The van der Waals surface area contributed by atoms with Crippen molar-refractivity contribution < 1.29 is 22.5 Å². The predicted octanol–water partition coefficient (Wildman–Crippen LogP) is 1.78. The number of nitrogens with zero attached hydrogens (tertiary/aromatic N) is 2. The Balaban J connectivity index is 2.12. The fraction of sp³-hybridized carbons (Fsp3) is 0.133. The van der Waals surface area contributed by atoms with Crippen molar-refractivity contribution in [1.29, 1.82) is 5.26 Å². The Hall–Kier alpha value is -3.32. The number of nitriles is 1. The minimum atomic E-state index is -3.81. The quantitative estimate of drug-likeness (QED) is 0.451. The van der Waals surface area contributed by atoms with Gasteiger partial charge < -0.3 is 14.6 Å². The van der Waals surface area contributed by atoms with Crippen LogP contribution in [0.25, 0.3) is 0 Å². The largest absolute Gasteiger partial charge is 0.465 e. The van der Waals surface area contributed by atoms with Crippen LogP contribution in [0.15, 0.2) is 51.5 Å². The number of hydrogen-bond donors (Lipinski definition) is 2. The smallest absolute Gasteiger partial charge is 0.350 e. The lowest BCUT2D eigenvalue weighted by Gasteiger charge is -2.06. The van der Waals surface area contributed by atoms with Gasteiger partial charge in [0.1, 0.15) is 11.8 Å².